The van der Waals surface area contributed by atoms with Crippen molar-refractivity contribution in [1.82, 2.24) is 10.3 Å². The molecule has 6 heteroatoms. The van der Waals surface area contributed by atoms with Crippen molar-refractivity contribution in [3.8, 4) is 0 Å². The summed E-state index contributed by atoms with van der Waals surface area (Å²) in [5.41, 5.74) is 1.03. The highest BCUT2D eigenvalue weighted by molar-refractivity contribution is 7.98. The van der Waals surface area contributed by atoms with Gasteiger partial charge < -0.3 is 5.32 Å². The number of amides is 1. The molecule has 1 aromatic carbocycles. The molecule has 2 aromatic heterocycles. The highest BCUT2D eigenvalue weighted by atomic mass is 32.2. The van der Waals surface area contributed by atoms with E-state index in [0.29, 0.717) is 12.8 Å². The number of nitrogens with one attached hydrogen (secondary N) is 1. The fourth-order valence-electron chi connectivity index (χ4n) is 2.17. The van der Waals surface area contributed by atoms with Gasteiger partial charge in [-0.05, 0) is 23.6 Å². The fraction of sp³-hybridized carbons (Fsp3) is 0.294. The Morgan fingerprint density at radius 1 is 1.22 bits per heavy atom. The number of fused-ring (bicyclic) bond motifs is 1. The van der Waals surface area contributed by atoms with E-state index in [0.717, 1.165) is 28.6 Å². The zero-order chi connectivity index (χ0) is 15.9. The molecule has 0 spiro atoms. The molecule has 0 radical (unpaired) electrons. The third-order valence-corrected chi connectivity index (χ3v) is 6.46. The highest BCUT2D eigenvalue weighted by Crippen LogP contribution is 2.22. The molecule has 0 saturated heterocycles. The Morgan fingerprint density at radius 2 is 2.13 bits per heavy atom. The van der Waals surface area contributed by atoms with Crippen molar-refractivity contribution in [2.45, 2.75) is 18.6 Å². The maximum absolute atomic E-state index is 11.9. The molecule has 3 aromatic rings. The first-order valence-corrected chi connectivity index (χ1v) is 10.4. The summed E-state index contributed by atoms with van der Waals surface area (Å²) in [4.78, 5) is 17.8. The number of para-hydroxylation sites is 1. The van der Waals surface area contributed by atoms with E-state index in [9.17, 15) is 4.79 Å². The van der Waals surface area contributed by atoms with Crippen molar-refractivity contribution in [2.24, 2.45) is 0 Å². The minimum atomic E-state index is 0.112. The molecular formula is C17H18N2OS3. The van der Waals surface area contributed by atoms with Crippen LogP contribution in [0, 0.1) is 0 Å². The topological polar surface area (TPSA) is 42.0 Å². The fourth-order valence-corrected chi connectivity index (χ4v) is 4.83. The largest absolute Gasteiger partial charge is 0.355 e. The summed E-state index contributed by atoms with van der Waals surface area (Å²) in [5.74, 6) is 2.09. The van der Waals surface area contributed by atoms with Crippen LogP contribution in [0.1, 0.15) is 16.3 Å². The molecule has 1 N–H and O–H groups in total. The first-order valence-electron chi connectivity index (χ1n) is 7.52. The average Bonchev–Trinajstić information content (AvgIpc) is 3.21. The number of thioether (sulfide) groups is 1. The summed E-state index contributed by atoms with van der Waals surface area (Å²) in [5, 5.41) is 6.12. The molecule has 3 nitrogen and oxygen atoms in total. The third-order valence-electron chi connectivity index (χ3n) is 3.30. The predicted octanol–water partition coefficient (Wildman–Crippen LogP) is 4.34. The van der Waals surface area contributed by atoms with Gasteiger partial charge in [0.1, 0.15) is 0 Å². The Morgan fingerprint density at radius 3 is 2.96 bits per heavy atom. The van der Waals surface area contributed by atoms with Gasteiger partial charge in [0, 0.05) is 35.8 Å². The summed E-state index contributed by atoms with van der Waals surface area (Å²) in [6.45, 7) is 0.731. The number of carbonyl (C=O) groups is 1. The summed E-state index contributed by atoms with van der Waals surface area (Å²) in [6.07, 6.45) is 1.23. The van der Waals surface area contributed by atoms with E-state index in [1.807, 2.05) is 30.0 Å². The van der Waals surface area contributed by atoms with E-state index in [1.165, 1.54) is 9.58 Å². The van der Waals surface area contributed by atoms with Crippen molar-refractivity contribution in [1.29, 1.82) is 0 Å². The number of carbonyl (C=O) groups excluding carboxylic acids is 1. The Hall–Kier alpha value is -1.37. The molecule has 2 heterocycles. The molecule has 0 aliphatic heterocycles. The van der Waals surface area contributed by atoms with Gasteiger partial charge in [-0.15, -0.1) is 22.7 Å². The van der Waals surface area contributed by atoms with Gasteiger partial charge in [-0.2, -0.15) is 11.8 Å². The van der Waals surface area contributed by atoms with E-state index in [4.69, 9.17) is 0 Å². The monoisotopic (exact) mass is 362 g/mol. The lowest BCUT2D eigenvalue weighted by Gasteiger charge is -2.04. The van der Waals surface area contributed by atoms with Crippen LogP contribution in [-0.2, 0) is 17.0 Å². The van der Waals surface area contributed by atoms with Crippen LogP contribution in [-0.4, -0.2) is 23.2 Å². The number of thiophene rings is 1. The molecule has 3 rings (SSSR count). The lowest BCUT2D eigenvalue weighted by atomic mass is 10.3. The second-order valence-corrected chi connectivity index (χ2v) is 8.31. The molecule has 0 atom stereocenters. The summed E-state index contributed by atoms with van der Waals surface area (Å²) >= 11 is 5.31. The van der Waals surface area contributed by atoms with Crippen LogP contribution in [0.2, 0.25) is 0 Å². The molecule has 0 fully saturated rings. The van der Waals surface area contributed by atoms with Crippen LogP contribution in [0.25, 0.3) is 10.2 Å². The van der Waals surface area contributed by atoms with Gasteiger partial charge in [0.15, 0.2) is 0 Å². The van der Waals surface area contributed by atoms with E-state index in [-0.39, 0.29) is 5.91 Å². The SMILES string of the molecule is O=C(CCc1nc2ccccc2s1)NCCSCc1cccs1. The van der Waals surface area contributed by atoms with Gasteiger partial charge in [0.25, 0.3) is 0 Å². The molecular weight excluding hydrogens is 344 g/mol. The lowest BCUT2D eigenvalue weighted by molar-refractivity contribution is -0.120. The summed E-state index contributed by atoms with van der Waals surface area (Å²) < 4.78 is 1.19. The molecule has 0 saturated carbocycles. The minimum Gasteiger partial charge on any atom is -0.355 e. The molecule has 0 bridgehead atoms. The molecule has 23 heavy (non-hydrogen) atoms. The maximum atomic E-state index is 11.9. The van der Waals surface area contributed by atoms with E-state index in [1.54, 1.807) is 22.7 Å². The molecule has 1 amide bonds. The third kappa shape index (κ3) is 5.06. The maximum Gasteiger partial charge on any atom is 0.220 e. The van der Waals surface area contributed by atoms with Crippen LogP contribution >= 0.6 is 34.4 Å². The summed E-state index contributed by atoms with van der Waals surface area (Å²) in [6, 6.07) is 12.3. The normalized spacial score (nSPS) is 11.0. The Balaban J connectivity index is 1.33. The minimum absolute atomic E-state index is 0.112. The number of hydrogen-bond donors (Lipinski definition) is 1. The van der Waals surface area contributed by atoms with E-state index >= 15 is 0 Å². The standard InChI is InChI=1S/C17H18N2OS3/c20-16(18-9-11-21-12-13-4-3-10-22-13)7-8-17-19-14-5-1-2-6-15(14)23-17/h1-6,10H,7-9,11-12H2,(H,18,20). The number of hydrogen-bond acceptors (Lipinski definition) is 5. The zero-order valence-electron chi connectivity index (χ0n) is 12.7. The molecule has 120 valence electrons. The predicted molar refractivity (Wildman–Crippen MR) is 101 cm³/mol. The van der Waals surface area contributed by atoms with Gasteiger partial charge in [-0.1, -0.05) is 18.2 Å². The van der Waals surface area contributed by atoms with Gasteiger partial charge in [0.05, 0.1) is 15.2 Å². The second-order valence-electron chi connectivity index (χ2n) is 5.06. The van der Waals surface area contributed by atoms with E-state index in [2.05, 4.69) is 33.9 Å². The van der Waals surface area contributed by atoms with Gasteiger partial charge in [-0.25, -0.2) is 4.98 Å². The number of nitrogens with zero attached hydrogens (tertiary/aromatic N) is 1. The molecule has 0 aliphatic carbocycles. The number of aryl methyl sites for hydroxylation is 1. The lowest BCUT2D eigenvalue weighted by Crippen LogP contribution is -2.25. The highest BCUT2D eigenvalue weighted by Gasteiger charge is 2.06. The second kappa shape index (κ2) is 8.47. The van der Waals surface area contributed by atoms with Crippen molar-refractivity contribution >= 4 is 50.6 Å². The van der Waals surface area contributed by atoms with Gasteiger partial charge in [-0.3, -0.25) is 4.79 Å². The number of aromatic nitrogens is 1. The first-order chi connectivity index (χ1) is 11.3. The van der Waals surface area contributed by atoms with Crippen LogP contribution in [0.15, 0.2) is 41.8 Å². The van der Waals surface area contributed by atoms with E-state index < -0.39 is 0 Å². The van der Waals surface area contributed by atoms with Crippen LogP contribution in [0.5, 0.6) is 0 Å². The van der Waals surface area contributed by atoms with Crippen LogP contribution < -0.4 is 5.32 Å². The van der Waals surface area contributed by atoms with Crippen LogP contribution in [0.4, 0.5) is 0 Å². The smallest absolute Gasteiger partial charge is 0.220 e. The summed E-state index contributed by atoms with van der Waals surface area (Å²) in [7, 11) is 0. The zero-order valence-corrected chi connectivity index (χ0v) is 15.1. The van der Waals surface area contributed by atoms with Crippen molar-refractivity contribution < 1.29 is 4.79 Å². The van der Waals surface area contributed by atoms with Crippen molar-refractivity contribution in [3.63, 3.8) is 0 Å². The Labute approximate surface area is 148 Å². The quantitative estimate of drug-likeness (QED) is 0.606. The number of rotatable bonds is 8. The first kappa shape index (κ1) is 16.5. The van der Waals surface area contributed by atoms with Crippen molar-refractivity contribution in [2.75, 3.05) is 12.3 Å². The van der Waals surface area contributed by atoms with Crippen LogP contribution in [0.3, 0.4) is 0 Å². The average molecular weight is 363 g/mol. The number of thiazole rings is 1. The number of benzene rings is 1. The molecule has 0 unspecified atom stereocenters. The van der Waals surface area contributed by atoms with Gasteiger partial charge in [0.2, 0.25) is 5.91 Å². The molecule has 0 aliphatic rings. The van der Waals surface area contributed by atoms with Crippen molar-refractivity contribution in [3.05, 3.63) is 51.7 Å². The Kier molecular flexibility index (Phi) is 6.07. The van der Waals surface area contributed by atoms with Gasteiger partial charge >= 0.3 is 0 Å². The Bertz CT molecular complexity index is 719.